The average molecular weight is 240 g/mol. The molecule has 0 bridgehead atoms. The fourth-order valence-corrected chi connectivity index (χ4v) is 2.87. The summed E-state index contributed by atoms with van der Waals surface area (Å²) in [6, 6.07) is 3.90. The Kier molecular flexibility index (Phi) is 3.49. The van der Waals surface area contributed by atoms with E-state index in [1.807, 2.05) is 12.1 Å². The highest BCUT2D eigenvalue weighted by molar-refractivity contribution is 8.03. The summed E-state index contributed by atoms with van der Waals surface area (Å²) in [5.74, 6) is 1.01. The van der Waals surface area contributed by atoms with Crippen LogP contribution in [-0.4, -0.2) is 18.1 Å². The summed E-state index contributed by atoms with van der Waals surface area (Å²) in [5.41, 5.74) is 0. The van der Waals surface area contributed by atoms with E-state index in [4.69, 9.17) is 4.74 Å². The smallest absolute Gasteiger partial charge is 0.200 e. The molecule has 0 aliphatic carbocycles. The molecule has 2 rings (SSSR count). The fraction of sp³-hybridized carbons (Fsp3) is 0.364. The maximum atomic E-state index is 11.8. The largest absolute Gasteiger partial charge is 0.486 e. The molecule has 1 aliphatic rings. The van der Waals surface area contributed by atoms with Crippen molar-refractivity contribution in [2.75, 3.05) is 12.4 Å². The third-order valence-electron chi connectivity index (χ3n) is 2.07. The number of hydrogen-bond acceptors (Lipinski definition) is 4. The molecule has 2 nitrogen and oxygen atoms in total. The van der Waals surface area contributed by atoms with E-state index in [2.05, 4.69) is 6.92 Å². The van der Waals surface area contributed by atoms with Crippen molar-refractivity contribution in [3.8, 4) is 0 Å². The summed E-state index contributed by atoms with van der Waals surface area (Å²) in [6.45, 7) is 2.81. The topological polar surface area (TPSA) is 26.3 Å². The van der Waals surface area contributed by atoms with Crippen molar-refractivity contribution in [2.45, 2.75) is 13.3 Å². The molecular weight excluding hydrogens is 228 g/mol. The summed E-state index contributed by atoms with van der Waals surface area (Å²) in [4.78, 5) is 13.8. The number of carbonyl (C=O) groups is 1. The van der Waals surface area contributed by atoms with Crippen LogP contribution >= 0.6 is 23.1 Å². The van der Waals surface area contributed by atoms with Crippen LogP contribution in [0.3, 0.4) is 0 Å². The molecule has 1 fully saturated rings. The van der Waals surface area contributed by atoms with E-state index < -0.39 is 0 Å². The second-order valence-corrected chi connectivity index (χ2v) is 5.41. The summed E-state index contributed by atoms with van der Waals surface area (Å²) in [7, 11) is 0. The lowest BCUT2D eigenvalue weighted by Gasteiger charge is -1.94. The van der Waals surface area contributed by atoms with Gasteiger partial charge >= 0.3 is 0 Å². The molecule has 0 N–H and O–H groups in total. The molecule has 80 valence electrons. The zero-order valence-corrected chi connectivity index (χ0v) is 10.1. The predicted octanol–water partition coefficient (Wildman–Crippen LogP) is 3.10. The van der Waals surface area contributed by atoms with E-state index in [0.29, 0.717) is 6.61 Å². The molecule has 0 atom stereocenters. The van der Waals surface area contributed by atoms with Gasteiger partial charge in [0.1, 0.15) is 0 Å². The first kappa shape index (κ1) is 10.8. The van der Waals surface area contributed by atoms with Gasteiger partial charge in [0, 0.05) is 16.7 Å². The maximum Gasteiger partial charge on any atom is 0.200 e. The Balaban J connectivity index is 2.10. The van der Waals surface area contributed by atoms with Crippen molar-refractivity contribution in [2.24, 2.45) is 0 Å². The Morgan fingerprint density at radius 2 is 2.47 bits per heavy atom. The summed E-state index contributed by atoms with van der Waals surface area (Å²) < 4.78 is 5.29. The number of allylic oxidation sites excluding steroid dienone is 1. The van der Waals surface area contributed by atoms with Crippen LogP contribution in [0.4, 0.5) is 0 Å². The monoisotopic (exact) mass is 240 g/mol. The third kappa shape index (κ3) is 2.63. The van der Waals surface area contributed by atoms with Gasteiger partial charge in [-0.05, 0) is 18.6 Å². The normalized spacial score (nSPS) is 18.1. The van der Waals surface area contributed by atoms with Gasteiger partial charge in [0.05, 0.1) is 11.5 Å². The lowest BCUT2D eigenvalue weighted by molar-refractivity contribution is 0.104. The lowest BCUT2D eigenvalue weighted by atomic mass is 10.3. The molecule has 0 unspecified atom stereocenters. The van der Waals surface area contributed by atoms with Gasteiger partial charge in [-0.2, -0.15) is 0 Å². The standard InChI is InChI=1S/C11H12O2S2/c1-2-8-3-4-10(15-8)9(12)7-11-13-5-6-14-11/h3-4,7H,2,5-6H2,1H3/b11-7+. The van der Waals surface area contributed by atoms with Crippen LogP contribution in [0.5, 0.6) is 0 Å². The number of thiophene rings is 1. The molecule has 15 heavy (non-hydrogen) atoms. The minimum absolute atomic E-state index is 0.0594. The minimum atomic E-state index is 0.0594. The number of hydrogen-bond donors (Lipinski definition) is 0. The van der Waals surface area contributed by atoms with Crippen molar-refractivity contribution < 1.29 is 9.53 Å². The van der Waals surface area contributed by atoms with E-state index in [1.165, 1.54) is 4.88 Å². The predicted molar refractivity (Wildman–Crippen MR) is 64.5 cm³/mol. The first-order valence-corrected chi connectivity index (χ1v) is 6.70. The van der Waals surface area contributed by atoms with Crippen molar-refractivity contribution in [1.29, 1.82) is 0 Å². The van der Waals surface area contributed by atoms with Crippen LogP contribution in [-0.2, 0) is 11.2 Å². The second kappa shape index (κ2) is 4.86. The van der Waals surface area contributed by atoms with Gasteiger partial charge in [-0.3, -0.25) is 4.79 Å². The van der Waals surface area contributed by atoms with Gasteiger partial charge in [0.2, 0.25) is 0 Å². The molecule has 4 heteroatoms. The Hall–Kier alpha value is -0.740. The third-order valence-corrected chi connectivity index (χ3v) is 4.21. The van der Waals surface area contributed by atoms with Crippen LogP contribution in [0.25, 0.3) is 0 Å². The van der Waals surface area contributed by atoms with E-state index in [9.17, 15) is 4.79 Å². The van der Waals surface area contributed by atoms with Crippen LogP contribution in [0.15, 0.2) is 23.3 Å². The zero-order chi connectivity index (χ0) is 10.7. The lowest BCUT2D eigenvalue weighted by Crippen LogP contribution is -1.91. The maximum absolute atomic E-state index is 11.8. The molecule has 0 saturated carbocycles. The second-order valence-electron chi connectivity index (χ2n) is 3.14. The SMILES string of the molecule is CCc1ccc(C(=O)/C=C2\OCCS2)s1. The summed E-state index contributed by atoms with van der Waals surface area (Å²) in [5, 5.41) is 0.756. The highest BCUT2D eigenvalue weighted by Gasteiger charge is 2.12. The number of aryl methyl sites for hydroxylation is 1. The number of rotatable bonds is 3. The molecule has 1 aromatic rings. The van der Waals surface area contributed by atoms with Gasteiger partial charge in [-0.25, -0.2) is 0 Å². The van der Waals surface area contributed by atoms with E-state index in [0.717, 1.165) is 22.1 Å². The van der Waals surface area contributed by atoms with Crippen LogP contribution in [0.1, 0.15) is 21.5 Å². The molecular formula is C11H12O2S2. The molecule has 0 aromatic carbocycles. The van der Waals surface area contributed by atoms with E-state index in [1.54, 1.807) is 29.2 Å². The minimum Gasteiger partial charge on any atom is -0.486 e. The van der Waals surface area contributed by atoms with Gasteiger partial charge in [-0.1, -0.05) is 18.7 Å². The average Bonchev–Trinajstić information content (AvgIpc) is 2.86. The molecule has 1 aliphatic heterocycles. The summed E-state index contributed by atoms with van der Waals surface area (Å²) in [6.07, 6.45) is 2.59. The first-order chi connectivity index (χ1) is 7.29. The van der Waals surface area contributed by atoms with Crippen molar-refractivity contribution in [3.63, 3.8) is 0 Å². The Morgan fingerprint density at radius 1 is 1.60 bits per heavy atom. The Labute approximate surface area is 97.3 Å². The number of carbonyl (C=O) groups excluding carboxylic acids is 1. The van der Waals surface area contributed by atoms with Gasteiger partial charge in [0.25, 0.3) is 0 Å². The molecule has 0 radical (unpaired) electrons. The highest BCUT2D eigenvalue weighted by Crippen LogP contribution is 2.25. The number of ketones is 1. The number of thioether (sulfide) groups is 1. The van der Waals surface area contributed by atoms with E-state index in [-0.39, 0.29) is 5.78 Å². The van der Waals surface area contributed by atoms with Crippen molar-refractivity contribution >= 4 is 28.9 Å². The van der Waals surface area contributed by atoms with Gasteiger partial charge in [0.15, 0.2) is 10.9 Å². The first-order valence-electron chi connectivity index (χ1n) is 4.90. The fourth-order valence-electron chi connectivity index (χ4n) is 1.29. The quantitative estimate of drug-likeness (QED) is 0.600. The van der Waals surface area contributed by atoms with Crippen molar-refractivity contribution in [1.82, 2.24) is 0 Å². The van der Waals surface area contributed by atoms with Crippen LogP contribution < -0.4 is 0 Å². The Morgan fingerprint density at radius 3 is 3.07 bits per heavy atom. The zero-order valence-electron chi connectivity index (χ0n) is 8.49. The van der Waals surface area contributed by atoms with Gasteiger partial charge in [-0.15, -0.1) is 11.3 Å². The molecule has 1 saturated heterocycles. The van der Waals surface area contributed by atoms with Crippen molar-refractivity contribution in [3.05, 3.63) is 33.1 Å². The van der Waals surface area contributed by atoms with Gasteiger partial charge < -0.3 is 4.74 Å². The van der Waals surface area contributed by atoms with Crippen LogP contribution in [0.2, 0.25) is 0 Å². The molecule has 0 spiro atoms. The summed E-state index contributed by atoms with van der Waals surface area (Å²) >= 11 is 3.17. The Bertz CT molecular complexity index is 385. The highest BCUT2D eigenvalue weighted by atomic mass is 32.2. The molecule has 2 heterocycles. The molecule has 0 amide bonds. The van der Waals surface area contributed by atoms with Crippen LogP contribution in [0, 0.1) is 0 Å². The van der Waals surface area contributed by atoms with E-state index >= 15 is 0 Å². The molecule has 1 aromatic heterocycles. The number of ether oxygens (including phenoxy) is 1.